The van der Waals surface area contributed by atoms with Crippen molar-refractivity contribution >= 4 is 29.0 Å². The monoisotopic (exact) mass is 271 g/mol. The SMILES string of the molecule is Cc1cc(-c2ncnc(N)c2Cl)c(Cl)cc1F. The number of hydrogen-bond donors (Lipinski definition) is 1. The maximum Gasteiger partial charge on any atom is 0.146 e. The second-order valence-electron chi connectivity index (χ2n) is 3.50. The molecular formula is C11H8Cl2FN3. The lowest BCUT2D eigenvalue weighted by atomic mass is 10.1. The Bertz CT molecular complexity index is 587. The molecule has 0 fully saturated rings. The zero-order valence-corrected chi connectivity index (χ0v) is 10.3. The van der Waals surface area contributed by atoms with Gasteiger partial charge in [0.15, 0.2) is 0 Å². The molecule has 1 heterocycles. The number of aromatic nitrogens is 2. The molecule has 0 spiro atoms. The highest BCUT2D eigenvalue weighted by molar-refractivity contribution is 6.37. The van der Waals surface area contributed by atoms with E-state index < -0.39 is 0 Å². The maximum absolute atomic E-state index is 13.3. The molecule has 1 aromatic carbocycles. The first-order chi connectivity index (χ1) is 8.00. The third-order valence-corrected chi connectivity index (χ3v) is 3.01. The number of anilines is 1. The fourth-order valence-corrected chi connectivity index (χ4v) is 1.85. The number of benzene rings is 1. The van der Waals surface area contributed by atoms with E-state index >= 15 is 0 Å². The Labute approximate surface area is 107 Å². The van der Waals surface area contributed by atoms with Crippen LogP contribution >= 0.6 is 23.2 Å². The predicted molar refractivity (Wildman–Crippen MR) is 66.6 cm³/mol. The van der Waals surface area contributed by atoms with Gasteiger partial charge < -0.3 is 5.73 Å². The molecule has 6 heteroatoms. The standard InChI is InChI=1S/C11H8Cl2FN3/c1-5-2-6(7(12)3-8(5)14)10-9(13)11(15)17-4-16-10/h2-4H,1H3,(H2,15,16,17). The molecule has 0 atom stereocenters. The molecule has 17 heavy (non-hydrogen) atoms. The summed E-state index contributed by atoms with van der Waals surface area (Å²) in [7, 11) is 0. The van der Waals surface area contributed by atoms with Crippen molar-refractivity contribution < 1.29 is 4.39 Å². The quantitative estimate of drug-likeness (QED) is 0.864. The second kappa shape index (κ2) is 4.47. The molecule has 0 aliphatic rings. The summed E-state index contributed by atoms with van der Waals surface area (Å²) in [4.78, 5) is 7.76. The van der Waals surface area contributed by atoms with Gasteiger partial charge in [0, 0.05) is 5.56 Å². The number of aryl methyl sites for hydroxylation is 1. The van der Waals surface area contributed by atoms with Gasteiger partial charge in [0.2, 0.25) is 0 Å². The van der Waals surface area contributed by atoms with Gasteiger partial charge in [0.25, 0.3) is 0 Å². The summed E-state index contributed by atoms with van der Waals surface area (Å²) >= 11 is 11.9. The minimum atomic E-state index is -0.378. The molecule has 2 aromatic rings. The molecule has 88 valence electrons. The Hall–Kier alpha value is -1.39. The largest absolute Gasteiger partial charge is 0.382 e. The van der Waals surface area contributed by atoms with Gasteiger partial charge in [0.1, 0.15) is 23.0 Å². The Kier molecular flexibility index (Phi) is 3.17. The number of nitrogens with zero attached hydrogens (tertiary/aromatic N) is 2. The van der Waals surface area contributed by atoms with Crippen LogP contribution in [0.15, 0.2) is 18.5 Å². The van der Waals surface area contributed by atoms with Gasteiger partial charge in [-0.3, -0.25) is 0 Å². The summed E-state index contributed by atoms with van der Waals surface area (Å²) in [5.41, 5.74) is 6.96. The van der Waals surface area contributed by atoms with Crippen LogP contribution in [0.2, 0.25) is 10.0 Å². The van der Waals surface area contributed by atoms with Crippen molar-refractivity contribution in [1.82, 2.24) is 9.97 Å². The second-order valence-corrected chi connectivity index (χ2v) is 4.29. The van der Waals surface area contributed by atoms with Crippen molar-refractivity contribution in [2.45, 2.75) is 6.92 Å². The summed E-state index contributed by atoms with van der Waals surface area (Å²) in [6.45, 7) is 1.63. The smallest absolute Gasteiger partial charge is 0.146 e. The first kappa shape index (κ1) is 12.1. The van der Waals surface area contributed by atoms with Gasteiger partial charge in [-0.15, -0.1) is 0 Å². The van der Waals surface area contributed by atoms with Crippen LogP contribution in [0.3, 0.4) is 0 Å². The van der Waals surface area contributed by atoms with Crippen LogP contribution in [-0.2, 0) is 0 Å². The number of nitrogens with two attached hydrogens (primary N) is 1. The molecular weight excluding hydrogens is 264 g/mol. The Morgan fingerprint density at radius 3 is 2.65 bits per heavy atom. The van der Waals surface area contributed by atoms with E-state index in [1.54, 1.807) is 13.0 Å². The molecule has 0 aliphatic heterocycles. The minimum Gasteiger partial charge on any atom is -0.382 e. The number of hydrogen-bond acceptors (Lipinski definition) is 3. The van der Waals surface area contributed by atoms with Gasteiger partial charge in [-0.05, 0) is 24.6 Å². The lowest BCUT2D eigenvalue weighted by molar-refractivity contribution is 0.619. The first-order valence-corrected chi connectivity index (χ1v) is 5.48. The molecule has 2 rings (SSSR count). The Morgan fingerprint density at radius 2 is 1.94 bits per heavy atom. The molecule has 0 bridgehead atoms. The van der Waals surface area contributed by atoms with Crippen molar-refractivity contribution in [2.75, 3.05) is 5.73 Å². The zero-order valence-electron chi connectivity index (χ0n) is 8.84. The van der Waals surface area contributed by atoms with Crippen LogP contribution in [-0.4, -0.2) is 9.97 Å². The highest BCUT2D eigenvalue weighted by atomic mass is 35.5. The van der Waals surface area contributed by atoms with E-state index in [0.717, 1.165) is 0 Å². The molecule has 0 amide bonds. The Morgan fingerprint density at radius 1 is 1.24 bits per heavy atom. The van der Waals surface area contributed by atoms with Crippen LogP contribution < -0.4 is 5.73 Å². The minimum absolute atomic E-state index is 0.162. The van der Waals surface area contributed by atoms with Crippen LogP contribution in [0.1, 0.15) is 5.56 Å². The lowest BCUT2D eigenvalue weighted by Gasteiger charge is -2.08. The molecule has 0 saturated carbocycles. The fourth-order valence-electron chi connectivity index (χ4n) is 1.41. The third kappa shape index (κ3) is 2.18. The molecule has 0 aliphatic carbocycles. The van der Waals surface area contributed by atoms with E-state index in [4.69, 9.17) is 28.9 Å². The van der Waals surface area contributed by atoms with Gasteiger partial charge in [0.05, 0.1) is 10.7 Å². The number of halogens is 3. The summed E-state index contributed by atoms with van der Waals surface area (Å²) < 4.78 is 13.3. The van der Waals surface area contributed by atoms with Crippen molar-refractivity contribution in [2.24, 2.45) is 0 Å². The third-order valence-electron chi connectivity index (χ3n) is 2.32. The molecule has 0 unspecified atom stereocenters. The van der Waals surface area contributed by atoms with Crippen LogP contribution in [0, 0.1) is 12.7 Å². The van der Waals surface area contributed by atoms with E-state index in [1.165, 1.54) is 12.4 Å². The van der Waals surface area contributed by atoms with E-state index in [0.29, 0.717) is 16.8 Å². The fraction of sp³-hybridized carbons (Fsp3) is 0.0909. The van der Waals surface area contributed by atoms with E-state index in [1.807, 2.05) is 0 Å². The van der Waals surface area contributed by atoms with Crippen LogP contribution in [0.4, 0.5) is 10.2 Å². The van der Waals surface area contributed by atoms with Crippen molar-refractivity contribution in [1.29, 1.82) is 0 Å². The highest BCUT2D eigenvalue weighted by Gasteiger charge is 2.14. The van der Waals surface area contributed by atoms with Gasteiger partial charge in [-0.1, -0.05) is 23.2 Å². The average Bonchev–Trinajstić information content (AvgIpc) is 2.28. The maximum atomic E-state index is 13.3. The van der Waals surface area contributed by atoms with Gasteiger partial charge in [-0.25, -0.2) is 14.4 Å². The summed E-state index contributed by atoms with van der Waals surface area (Å²) in [5, 5.41) is 0.438. The topological polar surface area (TPSA) is 51.8 Å². The summed E-state index contributed by atoms with van der Waals surface area (Å²) in [6.07, 6.45) is 1.28. The average molecular weight is 272 g/mol. The van der Waals surface area contributed by atoms with Crippen molar-refractivity contribution in [3.05, 3.63) is 39.9 Å². The van der Waals surface area contributed by atoms with Crippen molar-refractivity contribution in [3.63, 3.8) is 0 Å². The molecule has 2 N–H and O–H groups in total. The molecule has 0 radical (unpaired) electrons. The first-order valence-electron chi connectivity index (χ1n) is 4.72. The highest BCUT2D eigenvalue weighted by Crippen LogP contribution is 2.34. The molecule has 3 nitrogen and oxygen atoms in total. The van der Waals surface area contributed by atoms with Crippen LogP contribution in [0.25, 0.3) is 11.3 Å². The van der Waals surface area contributed by atoms with Crippen LogP contribution in [0.5, 0.6) is 0 Å². The van der Waals surface area contributed by atoms with Gasteiger partial charge in [-0.2, -0.15) is 0 Å². The van der Waals surface area contributed by atoms with E-state index in [9.17, 15) is 4.39 Å². The van der Waals surface area contributed by atoms with Crippen molar-refractivity contribution in [3.8, 4) is 11.3 Å². The Balaban J connectivity index is 2.69. The summed E-state index contributed by atoms with van der Waals surface area (Å²) in [5.74, 6) is -0.216. The lowest BCUT2D eigenvalue weighted by Crippen LogP contribution is -1.96. The number of rotatable bonds is 1. The van der Waals surface area contributed by atoms with E-state index in [2.05, 4.69) is 9.97 Å². The van der Waals surface area contributed by atoms with E-state index in [-0.39, 0.29) is 21.7 Å². The molecule has 0 saturated heterocycles. The normalized spacial score (nSPS) is 10.6. The predicted octanol–water partition coefficient (Wildman–Crippen LogP) is 3.48. The zero-order chi connectivity index (χ0) is 12.6. The number of nitrogen functional groups attached to an aromatic ring is 1. The molecule has 1 aromatic heterocycles. The summed E-state index contributed by atoms with van der Waals surface area (Å²) in [6, 6.07) is 2.80. The van der Waals surface area contributed by atoms with Gasteiger partial charge >= 0.3 is 0 Å².